The van der Waals surface area contributed by atoms with Crippen molar-refractivity contribution in [1.82, 2.24) is 14.8 Å². The summed E-state index contributed by atoms with van der Waals surface area (Å²) in [6, 6.07) is 7.17. The number of aryl methyl sites for hydroxylation is 2. The summed E-state index contributed by atoms with van der Waals surface area (Å²) in [6.45, 7) is 5.47. The van der Waals surface area contributed by atoms with Gasteiger partial charge >= 0.3 is 0 Å². The van der Waals surface area contributed by atoms with Crippen LogP contribution in [0.1, 0.15) is 17.2 Å². The van der Waals surface area contributed by atoms with Crippen LogP contribution >= 0.6 is 0 Å². The van der Waals surface area contributed by atoms with Crippen LogP contribution in [0.25, 0.3) is 10.9 Å². The summed E-state index contributed by atoms with van der Waals surface area (Å²) >= 11 is 0. The molecule has 0 amide bonds. The number of nitrogens with one attached hydrogen (secondary N) is 1. The summed E-state index contributed by atoms with van der Waals surface area (Å²) < 4.78 is 2.24. The van der Waals surface area contributed by atoms with Gasteiger partial charge in [0.05, 0.1) is 0 Å². The van der Waals surface area contributed by atoms with Crippen molar-refractivity contribution in [2.24, 2.45) is 7.05 Å². The third kappa shape index (κ3) is 1.93. The van der Waals surface area contributed by atoms with Crippen molar-refractivity contribution >= 4 is 10.9 Å². The number of nitrogens with zero attached hydrogens (tertiary/aromatic N) is 2. The molecule has 18 heavy (non-hydrogen) atoms. The molecule has 0 saturated carbocycles. The molecule has 1 aromatic carbocycles. The van der Waals surface area contributed by atoms with Crippen molar-refractivity contribution in [3.8, 4) is 0 Å². The summed E-state index contributed by atoms with van der Waals surface area (Å²) in [5, 5.41) is 5.03. The van der Waals surface area contributed by atoms with Crippen LogP contribution in [0.2, 0.25) is 0 Å². The van der Waals surface area contributed by atoms with Gasteiger partial charge in [-0.15, -0.1) is 0 Å². The first-order valence-corrected chi connectivity index (χ1v) is 6.62. The molecule has 1 saturated heterocycles. The first-order valence-electron chi connectivity index (χ1n) is 6.62. The quantitative estimate of drug-likeness (QED) is 0.827. The lowest BCUT2D eigenvalue weighted by Gasteiger charge is -2.30. The molecule has 1 aliphatic rings. The monoisotopic (exact) mass is 243 g/mol. The maximum atomic E-state index is 3.64. The highest BCUT2D eigenvalue weighted by Crippen LogP contribution is 2.28. The zero-order chi connectivity index (χ0) is 12.7. The van der Waals surface area contributed by atoms with E-state index in [4.69, 9.17) is 0 Å². The summed E-state index contributed by atoms with van der Waals surface area (Å²) in [5.41, 5.74) is 4.09. The van der Waals surface area contributed by atoms with Crippen molar-refractivity contribution in [3.63, 3.8) is 0 Å². The van der Waals surface area contributed by atoms with Crippen LogP contribution < -0.4 is 5.32 Å². The summed E-state index contributed by atoms with van der Waals surface area (Å²) in [6.07, 6.45) is 2.28. The summed E-state index contributed by atoms with van der Waals surface area (Å²) in [7, 11) is 4.33. The standard InChI is InChI=1S/C15H21N3/c1-11-4-5-15-12(8-11)13(9-18(15)3)14-10-17(2)7-6-16-14/h4-5,8-9,14,16H,6-7,10H2,1-3H3. The second-order valence-electron chi connectivity index (χ2n) is 5.48. The van der Waals surface area contributed by atoms with E-state index in [1.54, 1.807) is 0 Å². The molecule has 2 aromatic rings. The minimum atomic E-state index is 0.453. The number of benzene rings is 1. The molecule has 2 heterocycles. The first kappa shape index (κ1) is 11.8. The van der Waals surface area contributed by atoms with E-state index in [0.29, 0.717) is 6.04 Å². The van der Waals surface area contributed by atoms with Crippen molar-refractivity contribution in [3.05, 3.63) is 35.5 Å². The predicted octanol–water partition coefficient (Wildman–Crippen LogP) is 2.06. The summed E-state index contributed by atoms with van der Waals surface area (Å²) in [4.78, 5) is 2.40. The normalized spacial score (nSPS) is 21.6. The Morgan fingerprint density at radius 1 is 1.28 bits per heavy atom. The summed E-state index contributed by atoms with van der Waals surface area (Å²) in [5.74, 6) is 0. The Kier molecular flexibility index (Phi) is 2.88. The SMILES string of the molecule is Cc1ccc2c(c1)c(C1CN(C)CCN1)cn2C. The molecule has 0 spiro atoms. The lowest BCUT2D eigenvalue weighted by molar-refractivity contribution is 0.241. The molecule has 1 fully saturated rings. The molecular weight excluding hydrogens is 222 g/mol. The first-order chi connectivity index (χ1) is 8.65. The van der Waals surface area contributed by atoms with Gasteiger partial charge in [-0.1, -0.05) is 11.6 Å². The van der Waals surface area contributed by atoms with Gasteiger partial charge in [0.1, 0.15) is 0 Å². The zero-order valence-corrected chi connectivity index (χ0v) is 11.4. The van der Waals surface area contributed by atoms with Crippen LogP contribution in [-0.2, 0) is 7.05 Å². The van der Waals surface area contributed by atoms with Crippen LogP contribution in [0.5, 0.6) is 0 Å². The molecular formula is C15H21N3. The zero-order valence-electron chi connectivity index (χ0n) is 11.4. The van der Waals surface area contributed by atoms with Crippen molar-refractivity contribution < 1.29 is 0 Å². The Hall–Kier alpha value is -1.32. The molecule has 96 valence electrons. The highest BCUT2D eigenvalue weighted by molar-refractivity contribution is 5.85. The van der Waals surface area contributed by atoms with Crippen LogP contribution in [0.3, 0.4) is 0 Å². The van der Waals surface area contributed by atoms with Gasteiger partial charge in [0.15, 0.2) is 0 Å². The predicted molar refractivity (Wildman–Crippen MR) is 75.9 cm³/mol. The maximum Gasteiger partial charge on any atom is 0.0481 e. The lowest BCUT2D eigenvalue weighted by Crippen LogP contribution is -2.43. The third-order valence-corrected chi connectivity index (χ3v) is 3.93. The van der Waals surface area contributed by atoms with E-state index in [2.05, 4.69) is 60.2 Å². The number of aromatic nitrogens is 1. The van der Waals surface area contributed by atoms with E-state index >= 15 is 0 Å². The van der Waals surface area contributed by atoms with Gasteiger partial charge in [0, 0.05) is 49.8 Å². The van der Waals surface area contributed by atoms with Crippen LogP contribution in [0.4, 0.5) is 0 Å². The van der Waals surface area contributed by atoms with Crippen LogP contribution in [0, 0.1) is 6.92 Å². The van der Waals surface area contributed by atoms with E-state index in [9.17, 15) is 0 Å². The van der Waals surface area contributed by atoms with Gasteiger partial charge in [-0.2, -0.15) is 0 Å². The molecule has 0 radical (unpaired) electrons. The Labute approximate surface area is 108 Å². The number of rotatable bonds is 1. The second-order valence-corrected chi connectivity index (χ2v) is 5.48. The Balaban J connectivity index is 2.08. The molecule has 1 N–H and O–H groups in total. The van der Waals surface area contributed by atoms with Gasteiger partial charge in [0.25, 0.3) is 0 Å². The molecule has 1 unspecified atom stereocenters. The number of piperazine rings is 1. The van der Waals surface area contributed by atoms with E-state index < -0.39 is 0 Å². The topological polar surface area (TPSA) is 20.2 Å². The van der Waals surface area contributed by atoms with E-state index in [1.807, 2.05) is 0 Å². The fraction of sp³-hybridized carbons (Fsp3) is 0.467. The molecule has 1 aromatic heterocycles. The van der Waals surface area contributed by atoms with Gasteiger partial charge in [-0.25, -0.2) is 0 Å². The largest absolute Gasteiger partial charge is 0.350 e. The van der Waals surface area contributed by atoms with E-state index in [-0.39, 0.29) is 0 Å². The van der Waals surface area contributed by atoms with E-state index in [1.165, 1.54) is 22.0 Å². The van der Waals surface area contributed by atoms with Crippen LogP contribution in [-0.4, -0.2) is 36.1 Å². The fourth-order valence-corrected chi connectivity index (χ4v) is 2.92. The van der Waals surface area contributed by atoms with Crippen molar-refractivity contribution in [2.75, 3.05) is 26.7 Å². The number of likely N-dealkylation sites (N-methyl/N-ethyl adjacent to an activating group) is 1. The number of fused-ring (bicyclic) bond motifs is 1. The molecule has 1 aliphatic heterocycles. The Morgan fingerprint density at radius 3 is 2.89 bits per heavy atom. The molecule has 1 atom stereocenters. The van der Waals surface area contributed by atoms with Gasteiger partial charge in [-0.05, 0) is 31.7 Å². The highest BCUT2D eigenvalue weighted by atomic mass is 15.2. The Morgan fingerprint density at radius 2 is 2.11 bits per heavy atom. The van der Waals surface area contributed by atoms with Crippen molar-refractivity contribution in [1.29, 1.82) is 0 Å². The number of hydrogen-bond donors (Lipinski definition) is 1. The molecule has 3 nitrogen and oxygen atoms in total. The maximum absolute atomic E-state index is 3.64. The van der Waals surface area contributed by atoms with Crippen molar-refractivity contribution in [2.45, 2.75) is 13.0 Å². The van der Waals surface area contributed by atoms with Gasteiger partial charge in [-0.3, -0.25) is 0 Å². The van der Waals surface area contributed by atoms with E-state index in [0.717, 1.165) is 19.6 Å². The minimum Gasteiger partial charge on any atom is -0.350 e. The smallest absolute Gasteiger partial charge is 0.0481 e. The molecule has 3 heteroatoms. The third-order valence-electron chi connectivity index (χ3n) is 3.93. The molecule has 3 rings (SSSR count). The van der Waals surface area contributed by atoms with Gasteiger partial charge in [0.2, 0.25) is 0 Å². The Bertz CT molecular complexity index is 570. The second kappa shape index (κ2) is 4.41. The average Bonchev–Trinajstić information content (AvgIpc) is 2.66. The van der Waals surface area contributed by atoms with Gasteiger partial charge < -0.3 is 14.8 Å². The number of hydrogen-bond acceptors (Lipinski definition) is 2. The molecule has 0 aliphatic carbocycles. The minimum absolute atomic E-state index is 0.453. The van der Waals surface area contributed by atoms with Crippen LogP contribution in [0.15, 0.2) is 24.4 Å². The highest BCUT2D eigenvalue weighted by Gasteiger charge is 2.21. The average molecular weight is 243 g/mol. The fourth-order valence-electron chi connectivity index (χ4n) is 2.92. The molecule has 0 bridgehead atoms. The lowest BCUT2D eigenvalue weighted by atomic mass is 10.0.